The summed E-state index contributed by atoms with van der Waals surface area (Å²) < 4.78 is 0. The first-order chi connectivity index (χ1) is 12.3. The van der Waals surface area contributed by atoms with Gasteiger partial charge in [-0.3, -0.25) is 9.59 Å². The molecule has 0 aromatic heterocycles. The van der Waals surface area contributed by atoms with Crippen LogP contribution < -0.4 is 16.0 Å². The second kappa shape index (κ2) is 8.72. The summed E-state index contributed by atoms with van der Waals surface area (Å²) in [6.45, 7) is 7.78. The highest BCUT2D eigenvalue weighted by Gasteiger charge is 2.10. The van der Waals surface area contributed by atoms with Gasteiger partial charge in [0.1, 0.15) is 0 Å². The standard InChI is InChI=1S/C20H24ClN3O2/c1-12-8-13(2)20(14(3)9-12)24-19(26)11-23-18(25)10-22-17-7-5-6-16(21)15(17)4/h5-9,22H,10-11H2,1-4H3,(H,23,25)(H,24,26). The van der Waals surface area contributed by atoms with E-state index in [0.29, 0.717) is 5.02 Å². The van der Waals surface area contributed by atoms with E-state index in [2.05, 4.69) is 16.0 Å². The van der Waals surface area contributed by atoms with E-state index in [1.807, 2.05) is 52.0 Å². The minimum absolute atomic E-state index is 0.0665. The van der Waals surface area contributed by atoms with Crippen molar-refractivity contribution in [3.63, 3.8) is 0 Å². The van der Waals surface area contributed by atoms with Crippen molar-refractivity contribution in [2.75, 3.05) is 23.7 Å². The molecule has 6 heteroatoms. The molecule has 2 aromatic carbocycles. The van der Waals surface area contributed by atoms with Crippen LogP contribution in [0.1, 0.15) is 22.3 Å². The normalized spacial score (nSPS) is 10.3. The Kier molecular flexibility index (Phi) is 6.64. The van der Waals surface area contributed by atoms with E-state index in [1.54, 1.807) is 6.07 Å². The molecule has 3 N–H and O–H groups in total. The predicted molar refractivity (Wildman–Crippen MR) is 107 cm³/mol. The van der Waals surface area contributed by atoms with Crippen molar-refractivity contribution >= 4 is 34.8 Å². The lowest BCUT2D eigenvalue weighted by molar-refractivity contribution is -0.122. The van der Waals surface area contributed by atoms with Gasteiger partial charge in [-0.15, -0.1) is 0 Å². The number of benzene rings is 2. The van der Waals surface area contributed by atoms with Crippen LogP contribution in [0.15, 0.2) is 30.3 Å². The number of rotatable bonds is 6. The van der Waals surface area contributed by atoms with Crippen LogP contribution in [0.4, 0.5) is 11.4 Å². The maximum Gasteiger partial charge on any atom is 0.243 e. The monoisotopic (exact) mass is 373 g/mol. The summed E-state index contributed by atoms with van der Waals surface area (Å²) in [6.07, 6.45) is 0. The lowest BCUT2D eigenvalue weighted by Gasteiger charge is -2.14. The number of carbonyl (C=O) groups is 2. The van der Waals surface area contributed by atoms with Crippen molar-refractivity contribution in [1.82, 2.24) is 5.32 Å². The van der Waals surface area contributed by atoms with Gasteiger partial charge in [-0.25, -0.2) is 0 Å². The molecule has 0 atom stereocenters. The molecule has 0 saturated heterocycles. The third-order valence-corrected chi connectivity index (χ3v) is 4.50. The Morgan fingerprint density at radius 2 is 1.62 bits per heavy atom. The lowest BCUT2D eigenvalue weighted by atomic mass is 10.1. The quantitative estimate of drug-likeness (QED) is 0.722. The van der Waals surface area contributed by atoms with E-state index < -0.39 is 0 Å². The van der Waals surface area contributed by atoms with Crippen molar-refractivity contribution in [1.29, 1.82) is 0 Å². The van der Waals surface area contributed by atoms with Gasteiger partial charge in [0, 0.05) is 16.4 Å². The van der Waals surface area contributed by atoms with E-state index >= 15 is 0 Å². The molecule has 0 aliphatic rings. The summed E-state index contributed by atoms with van der Waals surface area (Å²) in [6, 6.07) is 9.48. The molecule has 26 heavy (non-hydrogen) atoms. The van der Waals surface area contributed by atoms with Gasteiger partial charge in [0.05, 0.1) is 13.1 Å². The molecule has 2 amide bonds. The van der Waals surface area contributed by atoms with Crippen LogP contribution >= 0.6 is 11.6 Å². The molecule has 5 nitrogen and oxygen atoms in total. The molecular formula is C20H24ClN3O2. The molecule has 0 aliphatic carbocycles. The average molecular weight is 374 g/mol. The first-order valence-electron chi connectivity index (χ1n) is 8.41. The third-order valence-electron chi connectivity index (χ3n) is 4.09. The Morgan fingerprint density at radius 3 is 2.27 bits per heavy atom. The lowest BCUT2D eigenvalue weighted by Crippen LogP contribution is -2.36. The summed E-state index contributed by atoms with van der Waals surface area (Å²) in [4.78, 5) is 24.1. The number of amides is 2. The Labute approximate surface area is 159 Å². The van der Waals surface area contributed by atoms with Gasteiger partial charge < -0.3 is 16.0 Å². The van der Waals surface area contributed by atoms with E-state index in [4.69, 9.17) is 11.6 Å². The van der Waals surface area contributed by atoms with Gasteiger partial charge in [0.15, 0.2) is 0 Å². The highest BCUT2D eigenvalue weighted by atomic mass is 35.5. The maximum atomic E-state index is 12.1. The zero-order valence-corrected chi connectivity index (χ0v) is 16.3. The molecule has 0 bridgehead atoms. The number of carbonyl (C=O) groups excluding carboxylic acids is 2. The van der Waals surface area contributed by atoms with Crippen LogP contribution in [0.5, 0.6) is 0 Å². The second-order valence-corrected chi connectivity index (χ2v) is 6.77. The molecule has 0 heterocycles. The van der Waals surface area contributed by atoms with Crippen molar-refractivity contribution in [2.45, 2.75) is 27.7 Å². The molecule has 0 unspecified atom stereocenters. The number of halogens is 1. The molecule has 0 aliphatic heterocycles. The van der Waals surface area contributed by atoms with Crippen LogP contribution in [0.2, 0.25) is 5.02 Å². The smallest absolute Gasteiger partial charge is 0.243 e. The minimum Gasteiger partial charge on any atom is -0.376 e. The highest BCUT2D eigenvalue weighted by Crippen LogP contribution is 2.23. The first kappa shape index (κ1) is 19.8. The largest absolute Gasteiger partial charge is 0.376 e. The van der Waals surface area contributed by atoms with Crippen molar-refractivity contribution < 1.29 is 9.59 Å². The second-order valence-electron chi connectivity index (χ2n) is 6.36. The fourth-order valence-electron chi connectivity index (χ4n) is 2.78. The van der Waals surface area contributed by atoms with Crippen molar-refractivity contribution in [2.24, 2.45) is 0 Å². The zero-order valence-electron chi connectivity index (χ0n) is 15.5. The van der Waals surface area contributed by atoms with Gasteiger partial charge in [0.2, 0.25) is 11.8 Å². The molecular weight excluding hydrogens is 350 g/mol. The summed E-state index contributed by atoms with van der Waals surface area (Å²) in [5.74, 6) is -0.524. The summed E-state index contributed by atoms with van der Waals surface area (Å²) >= 11 is 6.05. The van der Waals surface area contributed by atoms with Crippen LogP contribution in [0, 0.1) is 27.7 Å². The predicted octanol–water partition coefficient (Wildman–Crippen LogP) is 3.74. The number of anilines is 2. The van der Waals surface area contributed by atoms with Crippen LogP contribution in [0.25, 0.3) is 0 Å². The first-order valence-corrected chi connectivity index (χ1v) is 8.79. The Balaban J connectivity index is 1.84. The molecule has 0 radical (unpaired) electrons. The molecule has 0 fully saturated rings. The van der Waals surface area contributed by atoms with Gasteiger partial charge >= 0.3 is 0 Å². The fourth-order valence-corrected chi connectivity index (χ4v) is 2.95. The Morgan fingerprint density at radius 1 is 0.962 bits per heavy atom. The maximum absolute atomic E-state index is 12.1. The number of aryl methyl sites for hydroxylation is 3. The van der Waals surface area contributed by atoms with Gasteiger partial charge in [0.25, 0.3) is 0 Å². The fraction of sp³-hybridized carbons (Fsp3) is 0.300. The SMILES string of the molecule is Cc1cc(C)c(NC(=O)CNC(=O)CNc2cccc(Cl)c2C)c(C)c1. The van der Waals surface area contributed by atoms with Crippen LogP contribution in [0.3, 0.4) is 0 Å². The van der Waals surface area contributed by atoms with E-state index in [9.17, 15) is 9.59 Å². The van der Waals surface area contributed by atoms with E-state index in [0.717, 1.165) is 33.6 Å². The summed E-state index contributed by atoms with van der Waals surface area (Å²) in [7, 11) is 0. The molecule has 2 rings (SSSR count). The number of nitrogens with one attached hydrogen (secondary N) is 3. The average Bonchev–Trinajstić information content (AvgIpc) is 2.57. The van der Waals surface area contributed by atoms with Gasteiger partial charge in [-0.2, -0.15) is 0 Å². The van der Waals surface area contributed by atoms with Crippen molar-refractivity contribution in [3.05, 3.63) is 57.6 Å². The molecule has 0 saturated carbocycles. The topological polar surface area (TPSA) is 70.2 Å². The van der Waals surface area contributed by atoms with Crippen LogP contribution in [-0.2, 0) is 9.59 Å². The Bertz CT molecular complexity index is 811. The van der Waals surface area contributed by atoms with Crippen molar-refractivity contribution in [3.8, 4) is 0 Å². The number of hydrogen-bond acceptors (Lipinski definition) is 3. The van der Waals surface area contributed by atoms with Gasteiger partial charge in [-0.05, 0) is 56.5 Å². The number of hydrogen-bond donors (Lipinski definition) is 3. The summed E-state index contributed by atoms with van der Waals surface area (Å²) in [5.41, 5.74) is 5.62. The molecule has 2 aromatic rings. The summed E-state index contributed by atoms with van der Waals surface area (Å²) in [5, 5.41) is 9.13. The minimum atomic E-state index is -0.267. The molecule has 0 spiro atoms. The Hall–Kier alpha value is -2.53. The van der Waals surface area contributed by atoms with Gasteiger partial charge in [-0.1, -0.05) is 35.4 Å². The zero-order chi connectivity index (χ0) is 19.3. The van der Waals surface area contributed by atoms with E-state index in [-0.39, 0.29) is 24.9 Å². The van der Waals surface area contributed by atoms with Crippen LogP contribution in [-0.4, -0.2) is 24.9 Å². The third kappa shape index (κ3) is 5.23. The van der Waals surface area contributed by atoms with E-state index in [1.165, 1.54) is 0 Å². The molecule has 138 valence electrons. The highest BCUT2D eigenvalue weighted by molar-refractivity contribution is 6.31.